The summed E-state index contributed by atoms with van der Waals surface area (Å²) in [6.07, 6.45) is 6.75. The number of ketones is 1. The van der Waals surface area contributed by atoms with E-state index < -0.39 is 0 Å². The first-order valence-electron chi connectivity index (χ1n) is 11.0. The van der Waals surface area contributed by atoms with E-state index in [9.17, 15) is 4.79 Å². The summed E-state index contributed by atoms with van der Waals surface area (Å²) < 4.78 is 6.34. The van der Waals surface area contributed by atoms with E-state index in [1.54, 1.807) is 0 Å². The van der Waals surface area contributed by atoms with E-state index in [2.05, 4.69) is 19.1 Å². The molecule has 3 atom stereocenters. The van der Waals surface area contributed by atoms with Crippen molar-refractivity contribution in [2.45, 2.75) is 32.3 Å². The van der Waals surface area contributed by atoms with Crippen LogP contribution in [-0.2, 0) is 0 Å². The van der Waals surface area contributed by atoms with Crippen LogP contribution in [0, 0.1) is 11.8 Å². The van der Waals surface area contributed by atoms with Crippen LogP contribution in [0.15, 0.2) is 66.7 Å². The van der Waals surface area contributed by atoms with Gasteiger partial charge >= 0.3 is 0 Å². The van der Waals surface area contributed by atoms with Gasteiger partial charge in [0.1, 0.15) is 6.10 Å². The first-order valence-corrected chi connectivity index (χ1v) is 11.7. The molecule has 5 rings (SSSR count). The van der Waals surface area contributed by atoms with Gasteiger partial charge in [0.15, 0.2) is 5.78 Å². The Morgan fingerprint density at radius 1 is 1.00 bits per heavy atom. The number of hydrogen-bond acceptors (Lipinski definition) is 3. The third-order valence-electron chi connectivity index (χ3n) is 6.43. The zero-order chi connectivity index (χ0) is 22.2. The smallest absolute Gasteiger partial charge is 0.225 e. The van der Waals surface area contributed by atoms with Gasteiger partial charge in [-0.2, -0.15) is 0 Å². The Bertz CT molecular complexity index is 1200. The minimum atomic E-state index is -0.184. The summed E-state index contributed by atoms with van der Waals surface area (Å²) in [4.78, 5) is 18.0. The molecule has 0 radical (unpaired) electrons. The minimum Gasteiger partial charge on any atom is -0.473 e. The maximum atomic E-state index is 13.2. The van der Waals surface area contributed by atoms with Crippen molar-refractivity contribution in [3.63, 3.8) is 0 Å². The lowest BCUT2D eigenvalue weighted by Crippen LogP contribution is -2.33. The van der Waals surface area contributed by atoms with Crippen LogP contribution in [0.2, 0.25) is 10.0 Å². The number of carbonyl (C=O) groups excluding carboxylic acids is 1. The van der Waals surface area contributed by atoms with Crippen molar-refractivity contribution in [2.24, 2.45) is 11.8 Å². The predicted octanol–water partition coefficient (Wildman–Crippen LogP) is 7.66. The number of aromatic nitrogens is 1. The summed E-state index contributed by atoms with van der Waals surface area (Å²) in [6, 6.07) is 17.0. The van der Waals surface area contributed by atoms with Gasteiger partial charge in [-0.3, -0.25) is 4.79 Å². The van der Waals surface area contributed by atoms with E-state index in [0.29, 0.717) is 39.5 Å². The third kappa shape index (κ3) is 3.96. The molecule has 32 heavy (non-hydrogen) atoms. The summed E-state index contributed by atoms with van der Waals surface area (Å²) in [5.41, 5.74) is 3.76. The number of Topliss-reactive ketones (excluding diaryl/α,β-unsaturated/α-hetero) is 1. The van der Waals surface area contributed by atoms with E-state index in [-0.39, 0.29) is 17.8 Å². The standard InChI is InChI=1S/C27H23Cl2NO2/c1-2-16-7-8-18(13-16)25-15-24(31)22-14-21(17-9-11-19(28)12-10-17)26(30-27(22)32-25)20-5-3-4-6-23(20)29/h3-12,14,16,18,25H,2,13,15H2,1H3. The van der Waals surface area contributed by atoms with Crippen LogP contribution in [0.4, 0.5) is 0 Å². The van der Waals surface area contributed by atoms with Crippen molar-refractivity contribution >= 4 is 29.0 Å². The molecule has 2 aromatic carbocycles. The van der Waals surface area contributed by atoms with E-state index >= 15 is 0 Å². The third-order valence-corrected chi connectivity index (χ3v) is 7.01. The second kappa shape index (κ2) is 8.73. The second-order valence-electron chi connectivity index (χ2n) is 8.46. The fourth-order valence-electron chi connectivity index (χ4n) is 4.60. The topological polar surface area (TPSA) is 39.2 Å². The fourth-order valence-corrected chi connectivity index (χ4v) is 4.95. The summed E-state index contributed by atoms with van der Waals surface area (Å²) in [5.74, 6) is 1.25. The van der Waals surface area contributed by atoms with Crippen molar-refractivity contribution < 1.29 is 9.53 Å². The van der Waals surface area contributed by atoms with Crippen LogP contribution in [-0.4, -0.2) is 16.9 Å². The van der Waals surface area contributed by atoms with Crippen LogP contribution in [0.5, 0.6) is 5.88 Å². The zero-order valence-electron chi connectivity index (χ0n) is 17.7. The maximum Gasteiger partial charge on any atom is 0.225 e. The molecule has 5 heteroatoms. The predicted molar refractivity (Wildman–Crippen MR) is 130 cm³/mol. The molecule has 1 aromatic heterocycles. The first-order chi connectivity index (χ1) is 15.5. The van der Waals surface area contributed by atoms with Gasteiger partial charge in [0.25, 0.3) is 0 Å². The second-order valence-corrected chi connectivity index (χ2v) is 9.30. The Labute approximate surface area is 198 Å². The fraction of sp³-hybridized carbons (Fsp3) is 0.259. The number of carbonyl (C=O) groups is 1. The van der Waals surface area contributed by atoms with Gasteiger partial charge in [-0.1, -0.05) is 72.6 Å². The van der Waals surface area contributed by atoms with Crippen LogP contribution in [0.1, 0.15) is 36.5 Å². The number of pyridine rings is 1. The van der Waals surface area contributed by atoms with Crippen molar-refractivity contribution in [1.29, 1.82) is 0 Å². The number of hydrogen-bond donors (Lipinski definition) is 0. The molecule has 1 aliphatic carbocycles. The van der Waals surface area contributed by atoms with Crippen LogP contribution < -0.4 is 4.74 Å². The zero-order valence-corrected chi connectivity index (χ0v) is 19.2. The number of halogens is 2. The number of allylic oxidation sites excluding steroid dienone is 1. The van der Waals surface area contributed by atoms with Crippen molar-refractivity contribution in [3.8, 4) is 28.3 Å². The van der Waals surface area contributed by atoms with Gasteiger partial charge in [-0.05, 0) is 48.6 Å². The molecule has 1 aliphatic heterocycles. The van der Waals surface area contributed by atoms with E-state index in [0.717, 1.165) is 29.5 Å². The highest BCUT2D eigenvalue weighted by molar-refractivity contribution is 6.33. The summed E-state index contributed by atoms with van der Waals surface area (Å²) >= 11 is 12.6. The van der Waals surface area contributed by atoms with E-state index in [1.807, 2.05) is 54.6 Å². The van der Waals surface area contributed by atoms with Crippen LogP contribution >= 0.6 is 23.2 Å². The molecule has 162 valence electrons. The van der Waals surface area contributed by atoms with E-state index in [4.69, 9.17) is 32.9 Å². The van der Waals surface area contributed by atoms with Crippen molar-refractivity contribution in [2.75, 3.05) is 0 Å². The lowest BCUT2D eigenvalue weighted by atomic mass is 9.89. The lowest BCUT2D eigenvalue weighted by Gasteiger charge is -2.29. The maximum absolute atomic E-state index is 13.2. The molecule has 2 heterocycles. The van der Waals surface area contributed by atoms with Crippen LogP contribution in [0.25, 0.3) is 22.4 Å². The highest BCUT2D eigenvalue weighted by Crippen LogP contribution is 2.41. The monoisotopic (exact) mass is 463 g/mol. The van der Waals surface area contributed by atoms with Gasteiger partial charge < -0.3 is 4.74 Å². The van der Waals surface area contributed by atoms with Crippen molar-refractivity contribution in [3.05, 3.63) is 82.4 Å². The minimum absolute atomic E-state index is 0.0676. The molecule has 3 aromatic rings. The Kier molecular flexibility index (Phi) is 5.79. The highest BCUT2D eigenvalue weighted by Gasteiger charge is 2.35. The molecule has 0 saturated heterocycles. The number of ether oxygens (including phenoxy) is 1. The molecule has 0 spiro atoms. The quantitative estimate of drug-likeness (QED) is 0.372. The molecule has 0 saturated carbocycles. The molecular formula is C27H23Cl2NO2. The van der Waals surface area contributed by atoms with Gasteiger partial charge in [0.05, 0.1) is 11.3 Å². The van der Waals surface area contributed by atoms with E-state index in [1.165, 1.54) is 0 Å². The first kappa shape index (κ1) is 21.2. The molecule has 3 nitrogen and oxygen atoms in total. The largest absolute Gasteiger partial charge is 0.473 e. The van der Waals surface area contributed by atoms with Crippen molar-refractivity contribution in [1.82, 2.24) is 4.98 Å². The Morgan fingerprint density at radius 3 is 2.50 bits per heavy atom. The Morgan fingerprint density at radius 2 is 1.78 bits per heavy atom. The average molecular weight is 464 g/mol. The summed E-state index contributed by atoms with van der Waals surface area (Å²) in [7, 11) is 0. The Balaban J connectivity index is 1.61. The van der Waals surface area contributed by atoms with Gasteiger partial charge in [-0.15, -0.1) is 0 Å². The molecule has 0 N–H and O–H groups in total. The molecule has 0 bridgehead atoms. The number of nitrogens with zero attached hydrogens (tertiary/aromatic N) is 1. The molecule has 0 amide bonds. The number of fused-ring (bicyclic) bond motifs is 1. The Hall–Kier alpha value is -2.62. The molecule has 3 unspecified atom stereocenters. The number of rotatable bonds is 4. The van der Waals surface area contributed by atoms with Gasteiger partial charge in [0.2, 0.25) is 5.88 Å². The SMILES string of the molecule is CCC1C=CC(C2CC(=O)c3cc(-c4ccc(Cl)cc4)c(-c4ccccc4Cl)nc3O2)C1. The van der Waals surface area contributed by atoms with Crippen LogP contribution in [0.3, 0.4) is 0 Å². The summed E-state index contributed by atoms with van der Waals surface area (Å²) in [6.45, 7) is 2.19. The number of benzene rings is 2. The molecule has 0 fully saturated rings. The molecule has 2 aliphatic rings. The summed E-state index contributed by atoms with van der Waals surface area (Å²) in [5, 5.41) is 1.24. The average Bonchev–Trinajstić information content (AvgIpc) is 3.29. The van der Waals surface area contributed by atoms with Gasteiger partial charge in [0, 0.05) is 33.5 Å². The lowest BCUT2D eigenvalue weighted by molar-refractivity contribution is 0.0757. The van der Waals surface area contributed by atoms with Gasteiger partial charge in [-0.25, -0.2) is 4.98 Å². The highest BCUT2D eigenvalue weighted by atomic mass is 35.5. The normalized spacial score (nSPS) is 22.0. The molecular weight excluding hydrogens is 441 g/mol.